The van der Waals surface area contributed by atoms with Crippen LogP contribution in [0.1, 0.15) is 0 Å². The van der Waals surface area contributed by atoms with Gasteiger partial charge in [-0.25, -0.2) is 0 Å². The maximum absolute atomic E-state index is 4.00. The van der Waals surface area contributed by atoms with Gasteiger partial charge in [-0.3, -0.25) is 0 Å². The summed E-state index contributed by atoms with van der Waals surface area (Å²) in [6.07, 6.45) is 0. The normalized spacial score (nSPS) is 10.5. The second-order valence-electron chi connectivity index (χ2n) is 2.00. The van der Waals surface area contributed by atoms with E-state index < -0.39 is 0 Å². The molecule has 2 aromatic rings. The Labute approximate surface area is 70.9 Å². The van der Waals surface area contributed by atoms with Crippen molar-refractivity contribution in [3.05, 3.63) is 18.2 Å². The van der Waals surface area contributed by atoms with Gasteiger partial charge in [0.25, 0.3) is 0 Å². The van der Waals surface area contributed by atoms with Gasteiger partial charge in [0.2, 0.25) is 0 Å². The first-order chi connectivity index (χ1) is 4.88. The molecule has 1 aromatic heterocycles. The fourth-order valence-corrected chi connectivity index (χ4v) is 1.67. The number of hydrogen-bond donors (Lipinski definition) is 1. The Bertz CT molecular complexity index is 355. The number of aromatic nitrogens is 3. The van der Waals surface area contributed by atoms with Crippen molar-refractivity contribution in [1.82, 2.24) is 15.4 Å². The van der Waals surface area contributed by atoms with Gasteiger partial charge in [-0.05, 0) is 0 Å². The number of rotatable bonds is 0. The van der Waals surface area contributed by atoms with Gasteiger partial charge in [-0.1, -0.05) is 0 Å². The number of nitrogens with zero attached hydrogens (tertiary/aromatic N) is 2. The van der Waals surface area contributed by atoms with Crippen LogP contribution in [-0.4, -0.2) is 37.9 Å². The third-order valence-corrected chi connectivity index (χ3v) is 2.50. The average Bonchev–Trinajstić information content (AvgIpc) is 2.36. The summed E-state index contributed by atoms with van der Waals surface area (Å²) < 4.78 is 1.25. The molecule has 47 valence electrons. The zero-order valence-electron chi connectivity index (χ0n) is 5.13. The van der Waals surface area contributed by atoms with Crippen LogP contribution in [-0.2, 0) is 0 Å². The van der Waals surface area contributed by atoms with E-state index in [0.29, 0.717) is 0 Å². The SMILES string of the molecule is [Sn][c]1cccc2n[nH]nc12. The van der Waals surface area contributed by atoms with Crippen molar-refractivity contribution < 1.29 is 0 Å². The van der Waals surface area contributed by atoms with E-state index in [1.165, 1.54) is 26.1 Å². The predicted molar refractivity (Wildman–Crippen MR) is 39.3 cm³/mol. The topological polar surface area (TPSA) is 41.6 Å². The summed E-state index contributed by atoms with van der Waals surface area (Å²) >= 11 is 1.38. The Morgan fingerprint density at radius 1 is 1.30 bits per heavy atom. The number of nitrogens with one attached hydrogen (secondary N) is 1. The fourth-order valence-electron chi connectivity index (χ4n) is 0.868. The van der Waals surface area contributed by atoms with E-state index in [2.05, 4.69) is 21.5 Å². The van der Waals surface area contributed by atoms with Crippen LogP contribution in [0.5, 0.6) is 0 Å². The molecule has 2 rings (SSSR count). The van der Waals surface area contributed by atoms with Crippen LogP contribution in [0.3, 0.4) is 0 Å². The van der Waals surface area contributed by atoms with Gasteiger partial charge in [0, 0.05) is 0 Å². The molecular weight excluding hydrogens is 233 g/mol. The quantitative estimate of drug-likeness (QED) is 0.642. The number of benzene rings is 1. The molecule has 1 N–H and O–H groups in total. The molecule has 0 aliphatic rings. The summed E-state index contributed by atoms with van der Waals surface area (Å²) in [7, 11) is 0. The number of hydrogen-bond acceptors (Lipinski definition) is 2. The average molecular weight is 237 g/mol. The molecule has 0 spiro atoms. The molecule has 0 amide bonds. The Morgan fingerprint density at radius 3 is 3.00 bits per heavy atom. The number of H-pyrrole nitrogens is 1. The zero-order valence-corrected chi connectivity index (χ0v) is 7.98. The first kappa shape index (κ1) is 6.15. The van der Waals surface area contributed by atoms with E-state index in [4.69, 9.17) is 0 Å². The third kappa shape index (κ3) is 0.811. The predicted octanol–water partition coefficient (Wildman–Crippen LogP) is -0.248. The van der Waals surface area contributed by atoms with E-state index in [1.54, 1.807) is 0 Å². The van der Waals surface area contributed by atoms with Crippen LogP contribution in [0.15, 0.2) is 18.2 Å². The molecule has 0 fully saturated rings. The van der Waals surface area contributed by atoms with Crippen LogP contribution in [0.4, 0.5) is 0 Å². The van der Waals surface area contributed by atoms with Crippen LogP contribution >= 0.6 is 0 Å². The van der Waals surface area contributed by atoms with Crippen molar-refractivity contribution in [3.8, 4) is 0 Å². The van der Waals surface area contributed by atoms with E-state index in [9.17, 15) is 0 Å². The van der Waals surface area contributed by atoms with Gasteiger partial charge in [-0.15, -0.1) is 0 Å². The van der Waals surface area contributed by atoms with Crippen molar-refractivity contribution in [2.24, 2.45) is 0 Å². The summed E-state index contributed by atoms with van der Waals surface area (Å²) in [5.41, 5.74) is 1.95. The minimum absolute atomic E-state index is 0.953. The van der Waals surface area contributed by atoms with Crippen LogP contribution in [0, 0.1) is 0 Å². The van der Waals surface area contributed by atoms with Gasteiger partial charge in [0.1, 0.15) is 0 Å². The molecular formula is C6H4N3Sn. The van der Waals surface area contributed by atoms with Crippen molar-refractivity contribution in [2.45, 2.75) is 0 Å². The van der Waals surface area contributed by atoms with Gasteiger partial charge in [0.15, 0.2) is 0 Å². The minimum atomic E-state index is 0.953. The van der Waals surface area contributed by atoms with E-state index in [1.807, 2.05) is 12.1 Å². The summed E-state index contributed by atoms with van der Waals surface area (Å²) in [4.78, 5) is 0. The first-order valence-corrected chi connectivity index (χ1v) is 4.32. The molecule has 0 atom stereocenters. The van der Waals surface area contributed by atoms with Crippen molar-refractivity contribution >= 4 is 37.1 Å². The molecule has 3 radical (unpaired) electrons. The Morgan fingerprint density at radius 2 is 2.20 bits per heavy atom. The molecule has 0 saturated carbocycles. The first-order valence-electron chi connectivity index (χ1n) is 2.89. The molecule has 4 heteroatoms. The maximum atomic E-state index is 4.00. The molecule has 0 aliphatic heterocycles. The zero-order chi connectivity index (χ0) is 6.97. The molecule has 1 aromatic carbocycles. The Kier molecular flexibility index (Phi) is 1.37. The van der Waals surface area contributed by atoms with Gasteiger partial charge in [0.05, 0.1) is 0 Å². The van der Waals surface area contributed by atoms with Crippen LogP contribution < -0.4 is 3.58 Å². The number of fused-ring (bicyclic) bond motifs is 1. The summed E-state index contributed by atoms with van der Waals surface area (Å²) in [6.45, 7) is 0. The van der Waals surface area contributed by atoms with E-state index in [-0.39, 0.29) is 0 Å². The van der Waals surface area contributed by atoms with Crippen molar-refractivity contribution in [3.63, 3.8) is 0 Å². The van der Waals surface area contributed by atoms with Gasteiger partial charge >= 0.3 is 70.7 Å². The monoisotopic (exact) mass is 238 g/mol. The Hall–Kier alpha value is -0.581. The standard InChI is InChI=1S/C6H4N3.Sn/c1-2-4-6-5(3-1)7-9-8-6;/h1-3H,(H,7,8,9);. The second kappa shape index (κ2) is 2.23. The van der Waals surface area contributed by atoms with Crippen LogP contribution in [0.2, 0.25) is 0 Å². The van der Waals surface area contributed by atoms with Gasteiger partial charge < -0.3 is 0 Å². The van der Waals surface area contributed by atoms with E-state index in [0.717, 1.165) is 11.0 Å². The molecule has 10 heavy (non-hydrogen) atoms. The van der Waals surface area contributed by atoms with Gasteiger partial charge in [-0.2, -0.15) is 0 Å². The fraction of sp³-hybridized carbons (Fsp3) is 0. The summed E-state index contributed by atoms with van der Waals surface area (Å²) in [5, 5.41) is 10.6. The molecule has 1 heterocycles. The van der Waals surface area contributed by atoms with Crippen LogP contribution in [0.25, 0.3) is 11.0 Å². The van der Waals surface area contributed by atoms with E-state index >= 15 is 0 Å². The number of aromatic amines is 1. The third-order valence-electron chi connectivity index (χ3n) is 1.35. The molecule has 3 nitrogen and oxygen atoms in total. The summed E-state index contributed by atoms with van der Waals surface area (Å²) in [6, 6.07) is 6.00. The molecule has 0 unspecified atom stereocenters. The Balaban J connectivity index is 2.95. The number of para-hydroxylation sites is 1. The molecule has 0 aliphatic carbocycles. The summed E-state index contributed by atoms with van der Waals surface area (Å²) in [5.74, 6) is 0. The van der Waals surface area contributed by atoms with Crippen molar-refractivity contribution in [2.75, 3.05) is 0 Å². The molecule has 0 saturated heterocycles. The second-order valence-corrected chi connectivity index (χ2v) is 3.53. The van der Waals surface area contributed by atoms with Crippen molar-refractivity contribution in [1.29, 1.82) is 0 Å². The molecule has 0 bridgehead atoms.